The van der Waals surface area contributed by atoms with Gasteiger partial charge in [0.05, 0.1) is 24.9 Å². The number of thiocarbonyl (C=S) groups is 1. The first kappa shape index (κ1) is 24.8. The SMILES string of the molecule is COc1ccc(-n2c(C)cc([C@H]3[C@H](c4ccccn4)NC(=S)N3CCCNc3ccccc3)c2C)cc1. The zero-order valence-electron chi connectivity index (χ0n) is 21.5. The average Bonchev–Trinajstić information content (AvgIpc) is 3.42. The van der Waals surface area contributed by atoms with Crippen molar-refractivity contribution in [3.05, 3.63) is 108 Å². The van der Waals surface area contributed by atoms with Crippen LogP contribution in [0.15, 0.2) is 85.1 Å². The first-order valence-corrected chi connectivity index (χ1v) is 13.1. The van der Waals surface area contributed by atoms with Crippen LogP contribution >= 0.6 is 12.2 Å². The topological polar surface area (TPSA) is 54.4 Å². The van der Waals surface area contributed by atoms with E-state index in [4.69, 9.17) is 21.9 Å². The van der Waals surface area contributed by atoms with Crippen LogP contribution in [0, 0.1) is 13.8 Å². The summed E-state index contributed by atoms with van der Waals surface area (Å²) in [7, 11) is 1.69. The van der Waals surface area contributed by atoms with Crippen LogP contribution in [-0.4, -0.2) is 39.8 Å². The number of ether oxygens (including phenoxy) is 1. The highest BCUT2D eigenvalue weighted by molar-refractivity contribution is 7.80. The van der Waals surface area contributed by atoms with E-state index in [1.165, 1.54) is 17.0 Å². The van der Waals surface area contributed by atoms with Crippen molar-refractivity contribution in [1.82, 2.24) is 19.8 Å². The van der Waals surface area contributed by atoms with E-state index in [1.807, 2.05) is 48.7 Å². The second kappa shape index (κ2) is 11.0. The highest BCUT2D eigenvalue weighted by Crippen LogP contribution is 2.41. The molecular formula is C30H33N5OS. The number of benzene rings is 2. The van der Waals surface area contributed by atoms with Crippen LogP contribution < -0.4 is 15.4 Å². The van der Waals surface area contributed by atoms with Crippen molar-refractivity contribution in [1.29, 1.82) is 0 Å². The van der Waals surface area contributed by atoms with Crippen LogP contribution in [0.4, 0.5) is 5.69 Å². The van der Waals surface area contributed by atoms with Gasteiger partial charge in [0, 0.05) is 42.0 Å². The van der Waals surface area contributed by atoms with Crippen molar-refractivity contribution in [2.45, 2.75) is 32.4 Å². The molecule has 2 aromatic heterocycles. The van der Waals surface area contributed by atoms with Gasteiger partial charge in [-0.3, -0.25) is 4.98 Å². The fourth-order valence-electron chi connectivity index (χ4n) is 5.24. The van der Waals surface area contributed by atoms with Crippen LogP contribution in [0.5, 0.6) is 5.75 Å². The van der Waals surface area contributed by atoms with E-state index in [0.717, 1.165) is 47.4 Å². The standard InChI is InChI=1S/C30H33N5OS/c1-21-20-26(22(2)35(21)24-13-15-25(36-3)16-14-24)29-28(27-12-7-8-17-32-27)33-30(37)34(29)19-9-18-31-23-10-5-4-6-11-23/h4-8,10-17,20,28-29,31H,9,18-19H2,1-3H3,(H,33,37)/t28-,29-/m0/s1. The molecular weight excluding hydrogens is 478 g/mol. The zero-order valence-corrected chi connectivity index (χ0v) is 22.3. The molecule has 0 aliphatic carbocycles. The predicted octanol–water partition coefficient (Wildman–Crippen LogP) is 5.97. The minimum absolute atomic E-state index is 0.0272. The molecule has 2 atom stereocenters. The number of nitrogens with zero attached hydrogens (tertiary/aromatic N) is 3. The number of hydrogen-bond acceptors (Lipinski definition) is 4. The van der Waals surface area contributed by atoms with Crippen LogP contribution in [0.3, 0.4) is 0 Å². The zero-order chi connectivity index (χ0) is 25.8. The molecule has 1 fully saturated rings. The molecule has 1 saturated heterocycles. The van der Waals surface area contributed by atoms with Gasteiger partial charge in [-0.05, 0) is 92.6 Å². The summed E-state index contributed by atoms with van der Waals surface area (Å²) in [6.07, 6.45) is 2.81. The summed E-state index contributed by atoms with van der Waals surface area (Å²) in [4.78, 5) is 7.03. The number of pyridine rings is 1. The molecule has 2 aromatic carbocycles. The summed E-state index contributed by atoms with van der Waals surface area (Å²) in [6, 6.07) is 26.9. The Morgan fingerprint density at radius 3 is 2.46 bits per heavy atom. The minimum atomic E-state index is -0.0272. The van der Waals surface area contributed by atoms with E-state index < -0.39 is 0 Å². The number of hydrogen-bond donors (Lipinski definition) is 2. The van der Waals surface area contributed by atoms with Gasteiger partial charge in [0.2, 0.25) is 0 Å². The minimum Gasteiger partial charge on any atom is -0.497 e. The van der Waals surface area contributed by atoms with Crippen LogP contribution in [0.25, 0.3) is 5.69 Å². The molecule has 0 unspecified atom stereocenters. The normalized spacial score (nSPS) is 17.1. The number of para-hydroxylation sites is 1. The molecule has 3 heterocycles. The fourth-order valence-corrected chi connectivity index (χ4v) is 5.57. The molecule has 5 rings (SSSR count). The van der Waals surface area contributed by atoms with Gasteiger partial charge in [0.15, 0.2) is 5.11 Å². The summed E-state index contributed by atoms with van der Waals surface area (Å²) >= 11 is 5.89. The molecule has 2 N–H and O–H groups in total. The van der Waals surface area contributed by atoms with Crippen molar-refractivity contribution >= 4 is 23.0 Å². The van der Waals surface area contributed by atoms with E-state index >= 15 is 0 Å². The van der Waals surface area contributed by atoms with E-state index in [0.29, 0.717) is 0 Å². The largest absolute Gasteiger partial charge is 0.497 e. The smallest absolute Gasteiger partial charge is 0.170 e. The Morgan fingerprint density at radius 1 is 1.00 bits per heavy atom. The van der Waals surface area contributed by atoms with Gasteiger partial charge in [-0.25, -0.2) is 0 Å². The van der Waals surface area contributed by atoms with E-state index in [-0.39, 0.29) is 12.1 Å². The van der Waals surface area contributed by atoms with Crippen molar-refractivity contribution in [2.75, 3.05) is 25.5 Å². The molecule has 0 saturated carbocycles. The monoisotopic (exact) mass is 511 g/mol. The molecule has 0 bridgehead atoms. The highest BCUT2D eigenvalue weighted by Gasteiger charge is 2.41. The Kier molecular flexibility index (Phi) is 7.42. The molecule has 6 nitrogen and oxygen atoms in total. The number of aromatic nitrogens is 2. The summed E-state index contributed by atoms with van der Waals surface area (Å²) in [5.74, 6) is 0.849. The number of methoxy groups -OCH3 is 1. The average molecular weight is 512 g/mol. The maximum absolute atomic E-state index is 5.89. The van der Waals surface area contributed by atoms with Gasteiger partial charge in [-0.15, -0.1) is 0 Å². The molecule has 0 radical (unpaired) electrons. The van der Waals surface area contributed by atoms with Crippen molar-refractivity contribution < 1.29 is 4.74 Å². The molecule has 4 aromatic rings. The van der Waals surface area contributed by atoms with Crippen LogP contribution in [0.1, 0.15) is 41.1 Å². The first-order chi connectivity index (χ1) is 18.1. The van der Waals surface area contributed by atoms with Gasteiger partial charge < -0.3 is 24.8 Å². The Hall–Kier alpha value is -3.84. The lowest BCUT2D eigenvalue weighted by Gasteiger charge is -2.28. The fraction of sp³-hybridized carbons (Fsp3) is 0.267. The molecule has 190 valence electrons. The lowest BCUT2D eigenvalue weighted by atomic mass is 9.96. The maximum Gasteiger partial charge on any atom is 0.170 e. The third-order valence-electron chi connectivity index (χ3n) is 7.00. The third kappa shape index (κ3) is 5.18. The number of rotatable bonds is 9. The van der Waals surface area contributed by atoms with Gasteiger partial charge in [-0.1, -0.05) is 24.3 Å². The predicted molar refractivity (Wildman–Crippen MR) is 154 cm³/mol. The highest BCUT2D eigenvalue weighted by atomic mass is 32.1. The van der Waals surface area contributed by atoms with Gasteiger partial charge >= 0.3 is 0 Å². The summed E-state index contributed by atoms with van der Waals surface area (Å²) in [6.45, 7) is 6.06. The number of aryl methyl sites for hydroxylation is 1. The Balaban J connectivity index is 1.45. The summed E-state index contributed by atoms with van der Waals surface area (Å²) in [5, 5.41) is 7.88. The Morgan fingerprint density at radius 2 is 1.76 bits per heavy atom. The Labute approximate surface area is 224 Å². The maximum atomic E-state index is 5.89. The van der Waals surface area contributed by atoms with Gasteiger partial charge in [0.1, 0.15) is 5.75 Å². The first-order valence-electron chi connectivity index (χ1n) is 12.7. The number of anilines is 1. The lowest BCUT2D eigenvalue weighted by molar-refractivity contribution is 0.315. The second-order valence-corrected chi connectivity index (χ2v) is 9.71. The summed E-state index contributed by atoms with van der Waals surface area (Å²) in [5.41, 5.74) is 6.88. The molecule has 0 spiro atoms. The molecule has 0 amide bonds. The molecule has 7 heteroatoms. The van der Waals surface area contributed by atoms with Gasteiger partial charge in [0.25, 0.3) is 0 Å². The second-order valence-electron chi connectivity index (χ2n) is 9.33. The van der Waals surface area contributed by atoms with Crippen molar-refractivity contribution in [3.8, 4) is 11.4 Å². The van der Waals surface area contributed by atoms with E-state index in [2.05, 4.69) is 70.3 Å². The quantitative estimate of drug-likeness (QED) is 0.213. The molecule has 37 heavy (non-hydrogen) atoms. The van der Waals surface area contributed by atoms with Crippen LogP contribution in [-0.2, 0) is 0 Å². The van der Waals surface area contributed by atoms with E-state index in [9.17, 15) is 0 Å². The molecule has 1 aliphatic rings. The van der Waals surface area contributed by atoms with Crippen LogP contribution in [0.2, 0.25) is 0 Å². The van der Waals surface area contributed by atoms with Crippen molar-refractivity contribution in [2.24, 2.45) is 0 Å². The lowest BCUT2D eigenvalue weighted by Crippen LogP contribution is -2.31. The Bertz CT molecular complexity index is 1340. The summed E-state index contributed by atoms with van der Waals surface area (Å²) < 4.78 is 7.67. The third-order valence-corrected chi connectivity index (χ3v) is 7.35. The van der Waals surface area contributed by atoms with Gasteiger partial charge in [-0.2, -0.15) is 0 Å². The van der Waals surface area contributed by atoms with E-state index in [1.54, 1.807) is 7.11 Å². The molecule has 1 aliphatic heterocycles. The number of nitrogens with one attached hydrogen (secondary N) is 2. The van der Waals surface area contributed by atoms with Crippen molar-refractivity contribution in [3.63, 3.8) is 0 Å².